The van der Waals surface area contributed by atoms with Gasteiger partial charge in [0.25, 0.3) is 0 Å². The molecule has 2 nitrogen and oxygen atoms in total. The van der Waals surface area contributed by atoms with Crippen LogP contribution >= 0.6 is 0 Å². The van der Waals surface area contributed by atoms with Gasteiger partial charge in [-0.05, 0) is 28.7 Å². The van der Waals surface area contributed by atoms with Gasteiger partial charge in [0.1, 0.15) is 0 Å². The monoisotopic (exact) mass is 210 g/mol. The molecule has 0 fully saturated rings. The van der Waals surface area contributed by atoms with Crippen LogP contribution in [-0.2, 0) is 6.42 Å². The number of rotatable bonds is 1. The molecular weight excluding hydrogens is 196 g/mol. The second kappa shape index (κ2) is 3.74. The maximum atomic E-state index is 5.68. The highest BCUT2D eigenvalue weighted by Crippen LogP contribution is 2.33. The lowest BCUT2D eigenvalue weighted by Crippen LogP contribution is -2.32. The number of hydrogen-bond donors (Lipinski definition) is 2. The third-order valence-electron chi connectivity index (χ3n) is 3.28. The van der Waals surface area contributed by atoms with Gasteiger partial charge in [0.05, 0.1) is 6.04 Å². The normalized spacial score (nSPS) is 14.3. The van der Waals surface area contributed by atoms with Gasteiger partial charge >= 0.3 is 0 Å². The van der Waals surface area contributed by atoms with Crippen molar-refractivity contribution in [1.29, 1.82) is 0 Å². The Hall–Kier alpha value is -1.64. The van der Waals surface area contributed by atoms with E-state index in [0.29, 0.717) is 0 Å². The first kappa shape index (κ1) is 9.58. The molecule has 3 rings (SSSR count). The average molecular weight is 210 g/mol. The van der Waals surface area contributed by atoms with Crippen LogP contribution in [0.15, 0.2) is 48.5 Å². The summed E-state index contributed by atoms with van der Waals surface area (Å²) in [6.45, 7) is 0. The summed E-state index contributed by atoms with van der Waals surface area (Å²) >= 11 is 0. The van der Waals surface area contributed by atoms with Crippen LogP contribution in [0.2, 0.25) is 0 Å². The number of nitrogens with one attached hydrogen (secondary N) is 1. The van der Waals surface area contributed by atoms with Crippen LogP contribution in [0.1, 0.15) is 28.3 Å². The summed E-state index contributed by atoms with van der Waals surface area (Å²) in [4.78, 5) is 0. The fourth-order valence-corrected chi connectivity index (χ4v) is 2.51. The fourth-order valence-electron chi connectivity index (χ4n) is 2.51. The molecule has 0 atom stereocenters. The first-order valence-corrected chi connectivity index (χ1v) is 5.52. The molecule has 2 aromatic rings. The van der Waals surface area contributed by atoms with Crippen molar-refractivity contribution in [3.05, 3.63) is 70.8 Å². The lowest BCUT2D eigenvalue weighted by molar-refractivity contribution is 0.616. The van der Waals surface area contributed by atoms with Crippen molar-refractivity contribution in [2.45, 2.75) is 12.5 Å². The van der Waals surface area contributed by atoms with Crippen LogP contribution < -0.4 is 11.3 Å². The number of nitrogens with two attached hydrogens (primary N) is 1. The summed E-state index contributed by atoms with van der Waals surface area (Å²) in [7, 11) is 0. The number of fused-ring (bicyclic) bond motifs is 2. The molecule has 0 bridgehead atoms. The highest BCUT2D eigenvalue weighted by Gasteiger charge is 2.23. The Balaban J connectivity index is 2.19. The number of hydrazine groups is 1. The van der Waals surface area contributed by atoms with Gasteiger partial charge in [-0.1, -0.05) is 48.5 Å². The van der Waals surface area contributed by atoms with Gasteiger partial charge in [0.2, 0.25) is 0 Å². The van der Waals surface area contributed by atoms with Crippen molar-refractivity contribution in [3.8, 4) is 0 Å². The molecule has 0 radical (unpaired) electrons. The van der Waals surface area contributed by atoms with Gasteiger partial charge in [-0.15, -0.1) is 0 Å². The van der Waals surface area contributed by atoms with E-state index in [0.717, 1.165) is 6.42 Å². The van der Waals surface area contributed by atoms with Crippen molar-refractivity contribution < 1.29 is 0 Å². The third kappa shape index (κ3) is 1.35. The van der Waals surface area contributed by atoms with Crippen LogP contribution in [0.4, 0.5) is 0 Å². The molecule has 80 valence electrons. The first-order chi connectivity index (χ1) is 7.90. The standard InChI is InChI=1S/C14H14N2/c15-16-14-12-7-3-1-5-10(12)9-11-6-2-4-8-13(11)14/h1-8,14,16H,9,15H2. The Kier molecular flexibility index (Phi) is 2.24. The summed E-state index contributed by atoms with van der Waals surface area (Å²) < 4.78 is 0. The molecule has 0 aromatic heterocycles. The lowest BCUT2D eigenvalue weighted by atomic mass is 9.83. The molecule has 0 amide bonds. The SMILES string of the molecule is NNC1c2ccccc2Cc2ccccc21. The van der Waals surface area contributed by atoms with Gasteiger partial charge in [-0.3, -0.25) is 5.84 Å². The predicted molar refractivity (Wildman–Crippen MR) is 64.9 cm³/mol. The van der Waals surface area contributed by atoms with E-state index in [4.69, 9.17) is 5.84 Å². The van der Waals surface area contributed by atoms with E-state index in [1.165, 1.54) is 22.3 Å². The zero-order valence-electron chi connectivity index (χ0n) is 8.98. The Morgan fingerprint density at radius 3 is 1.88 bits per heavy atom. The van der Waals surface area contributed by atoms with Crippen LogP contribution in [0.25, 0.3) is 0 Å². The largest absolute Gasteiger partial charge is 0.271 e. The van der Waals surface area contributed by atoms with E-state index in [1.54, 1.807) is 0 Å². The molecule has 0 saturated heterocycles. The summed E-state index contributed by atoms with van der Waals surface area (Å²) in [5.41, 5.74) is 8.24. The Bertz CT molecular complexity index is 474. The van der Waals surface area contributed by atoms with E-state index >= 15 is 0 Å². The molecule has 0 saturated carbocycles. The Morgan fingerprint density at radius 2 is 1.38 bits per heavy atom. The summed E-state index contributed by atoms with van der Waals surface area (Å²) in [6.07, 6.45) is 1.00. The van der Waals surface area contributed by atoms with Crippen LogP contribution in [0.5, 0.6) is 0 Å². The maximum absolute atomic E-state index is 5.68. The predicted octanol–water partition coefficient (Wildman–Crippen LogP) is 2.14. The van der Waals surface area contributed by atoms with Crippen molar-refractivity contribution in [1.82, 2.24) is 5.43 Å². The van der Waals surface area contributed by atoms with E-state index in [9.17, 15) is 0 Å². The van der Waals surface area contributed by atoms with E-state index < -0.39 is 0 Å². The van der Waals surface area contributed by atoms with E-state index in [-0.39, 0.29) is 6.04 Å². The van der Waals surface area contributed by atoms with Crippen LogP contribution in [-0.4, -0.2) is 0 Å². The van der Waals surface area contributed by atoms with Gasteiger partial charge in [0, 0.05) is 0 Å². The minimum absolute atomic E-state index is 0.126. The quantitative estimate of drug-likeness (QED) is 0.559. The second-order valence-corrected chi connectivity index (χ2v) is 4.17. The van der Waals surface area contributed by atoms with Crippen molar-refractivity contribution >= 4 is 0 Å². The fraction of sp³-hybridized carbons (Fsp3) is 0.143. The molecule has 1 aliphatic carbocycles. The Labute approximate surface area is 95.1 Å². The van der Waals surface area contributed by atoms with Gasteiger partial charge in [0.15, 0.2) is 0 Å². The highest BCUT2D eigenvalue weighted by molar-refractivity contribution is 5.48. The molecule has 2 aromatic carbocycles. The average Bonchev–Trinajstić information content (AvgIpc) is 2.36. The minimum Gasteiger partial charge on any atom is -0.271 e. The summed E-state index contributed by atoms with van der Waals surface area (Å²) in [6, 6.07) is 17.1. The molecular formula is C14H14N2. The second-order valence-electron chi connectivity index (χ2n) is 4.17. The third-order valence-corrected chi connectivity index (χ3v) is 3.28. The maximum Gasteiger partial charge on any atom is 0.0715 e. The molecule has 1 aliphatic rings. The first-order valence-electron chi connectivity index (χ1n) is 5.52. The van der Waals surface area contributed by atoms with Gasteiger partial charge in [-0.2, -0.15) is 0 Å². The molecule has 0 heterocycles. The number of hydrogen-bond acceptors (Lipinski definition) is 2. The zero-order valence-corrected chi connectivity index (χ0v) is 8.98. The zero-order chi connectivity index (χ0) is 11.0. The van der Waals surface area contributed by atoms with Crippen molar-refractivity contribution in [3.63, 3.8) is 0 Å². The molecule has 0 unspecified atom stereocenters. The van der Waals surface area contributed by atoms with Crippen molar-refractivity contribution in [2.24, 2.45) is 5.84 Å². The van der Waals surface area contributed by atoms with E-state index in [1.807, 2.05) is 0 Å². The topological polar surface area (TPSA) is 38.0 Å². The lowest BCUT2D eigenvalue weighted by Gasteiger charge is -2.27. The van der Waals surface area contributed by atoms with Gasteiger partial charge in [-0.25, -0.2) is 5.43 Å². The molecule has 0 spiro atoms. The van der Waals surface area contributed by atoms with Gasteiger partial charge < -0.3 is 0 Å². The van der Waals surface area contributed by atoms with Crippen molar-refractivity contribution in [2.75, 3.05) is 0 Å². The smallest absolute Gasteiger partial charge is 0.0715 e. The minimum atomic E-state index is 0.126. The summed E-state index contributed by atoms with van der Waals surface area (Å²) in [5, 5.41) is 0. The van der Waals surface area contributed by atoms with Crippen LogP contribution in [0, 0.1) is 0 Å². The summed E-state index contributed by atoms with van der Waals surface area (Å²) in [5.74, 6) is 5.68. The molecule has 0 aliphatic heterocycles. The molecule has 2 heteroatoms. The van der Waals surface area contributed by atoms with Crippen LogP contribution in [0.3, 0.4) is 0 Å². The number of benzene rings is 2. The highest BCUT2D eigenvalue weighted by atomic mass is 15.2. The Morgan fingerprint density at radius 1 is 0.875 bits per heavy atom. The molecule has 3 N–H and O–H groups in total. The molecule has 16 heavy (non-hydrogen) atoms. The van der Waals surface area contributed by atoms with E-state index in [2.05, 4.69) is 54.0 Å².